The van der Waals surface area contributed by atoms with Crippen LogP contribution in [0, 0.1) is 0 Å². The van der Waals surface area contributed by atoms with Gasteiger partial charge in [-0.25, -0.2) is 0 Å². The molecule has 134 valence electrons. The summed E-state index contributed by atoms with van der Waals surface area (Å²) in [7, 11) is 0. The van der Waals surface area contributed by atoms with Crippen LogP contribution in [0.2, 0.25) is 5.02 Å². The molecule has 0 unspecified atom stereocenters. The summed E-state index contributed by atoms with van der Waals surface area (Å²) in [5, 5.41) is 10.7. The van der Waals surface area contributed by atoms with Gasteiger partial charge in [-0.1, -0.05) is 23.7 Å². The largest absolute Gasteiger partial charge is 0.459 e. The Bertz CT molecular complexity index is 891. The van der Waals surface area contributed by atoms with Crippen LogP contribution in [-0.4, -0.2) is 28.6 Å². The quantitative estimate of drug-likeness (QED) is 0.632. The van der Waals surface area contributed by atoms with Crippen LogP contribution in [0.15, 0.2) is 51.5 Å². The van der Waals surface area contributed by atoms with Crippen LogP contribution in [0.5, 0.6) is 0 Å². The molecule has 0 fully saturated rings. The third-order valence-electron chi connectivity index (χ3n) is 3.29. The number of nitrogens with one attached hydrogen (secondary N) is 1. The van der Waals surface area contributed by atoms with Gasteiger partial charge < -0.3 is 18.9 Å². The minimum absolute atomic E-state index is 0.00203. The Morgan fingerprint density at radius 1 is 1.15 bits per heavy atom. The highest BCUT2D eigenvalue weighted by atomic mass is 35.5. The Balaban J connectivity index is 1.44. The van der Waals surface area contributed by atoms with Crippen LogP contribution in [-0.2, 0) is 16.1 Å². The van der Waals surface area contributed by atoms with Gasteiger partial charge in [-0.15, -0.1) is 10.2 Å². The van der Waals surface area contributed by atoms with Crippen LogP contribution in [0.4, 0.5) is 0 Å². The first-order chi connectivity index (χ1) is 12.6. The average Bonchev–Trinajstić information content (AvgIpc) is 3.32. The number of nitrogens with zero attached hydrogens (tertiary/aromatic N) is 2. The number of carbonyl (C=O) groups is 2. The summed E-state index contributed by atoms with van der Waals surface area (Å²) in [6, 6.07) is 10.2. The molecule has 1 N–H and O–H groups in total. The van der Waals surface area contributed by atoms with E-state index in [-0.39, 0.29) is 37.1 Å². The van der Waals surface area contributed by atoms with Crippen molar-refractivity contribution in [1.29, 1.82) is 0 Å². The van der Waals surface area contributed by atoms with Gasteiger partial charge in [0.1, 0.15) is 0 Å². The fourth-order valence-corrected chi connectivity index (χ4v) is 2.26. The predicted molar refractivity (Wildman–Crippen MR) is 90.2 cm³/mol. The van der Waals surface area contributed by atoms with E-state index in [0.717, 1.165) is 0 Å². The number of rotatable bonds is 7. The molecule has 0 aliphatic rings. The van der Waals surface area contributed by atoms with E-state index in [1.807, 2.05) is 0 Å². The number of amides is 1. The third kappa shape index (κ3) is 4.48. The lowest BCUT2D eigenvalue weighted by Gasteiger charge is -2.03. The highest BCUT2D eigenvalue weighted by Crippen LogP contribution is 2.26. The fraction of sp³-hybridized carbons (Fsp3) is 0.176. The highest BCUT2D eigenvalue weighted by Gasteiger charge is 2.14. The summed E-state index contributed by atoms with van der Waals surface area (Å²) in [4.78, 5) is 23.3. The lowest BCUT2D eigenvalue weighted by Crippen LogP contribution is -2.26. The maximum atomic E-state index is 11.7. The number of halogens is 1. The summed E-state index contributed by atoms with van der Waals surface area (Å²) in [6.45, 7) is -0.0461. The number of esters is 1. The van der Waals surface area contributed by atoms with Crippen LogP contribution >= 0.6 is 11.6 Å². The summed E-state index contributed by atoms with van der Waals surface area (Å²) >= 11 is 6.06. The first-order valence-corrected chi connectivity index (χ1v) is 8.06. The molecule has 0 saturated heterocycles. The lowest BCUT2D eigenvalue weighted by atomic mass is 10.2. The minimum atomic E-state index is -0.512. The Hall–Kier alpha value is -3.13. The number of hydrogen-bond acceptors (Lipinski definition) is 7. The number of aromatic nitrogens is 2. The van der Waals surface area contributed by atoms with Crippen molar-refractivity contribution in [2.24, 2.45) is 0 Å². The molecule has 0 bridgehead atoms. The predicted octanol–water partition coefficient (Wildman–Crippen LogP) is 2.85. The van der Waals surface area contributed by atoms with E-state index >= 15 is 0 Å². The van der Waals surface area contributed by atoms with Crippen molar-refractivity contribution in [3.8, 4) is 11.5 Å². The number of hydrogen-bond donors (Lipinski definition) is 1. The van der Waals surface area contributed by atoms with Crippen molar-refractivity contribution in [3.05, 3.63) is 59.3 Å². The average molecular weight is 376 g/mol. The Morgan fingerprint density at radius 2 is 2.00 bits per heavy atom. The zero-order chi connectivity index (χ0) is 18.4. The molecule has 2 heterocycles. The molecular weight excluding hydrogens is 362 g/mol. The molecule has 3 aromatic rings. The zero-order valence-corrected chi connectivity index (χ0v) is 14.2. The number of ether oxygens (including phenoxy) is 1. The van der Waals surface area contributed by atoms with Crippen molar-refractivity contribution in [3.63, 3.8) is 0 Å². The van der Waals surface area contributed by atoms with Gasteiger partial charge in [-0.2, -0.15) is 0 Å². The maximum absolute atomic E-state index is 11.7. The smallest absolute Gasteiger partial charge is 0.308 e. The molecule has 0 aliphatic heterocycles. The summed E-state index contributed by atoms with van der Waals surface area (Å²) < 4.78 is 15.4. The fourth-order valence-electron chi connectivity index (χ4n) is 2.04. The molecule has 2 aromatic heterocycles. The number of carbonyl (C=O) groups excluding carboxylic acids is 2. The van der Waals surface area contributed by atoms with Gasteiger partial charge in [-0.05, 0) is 24.3 Å². The first-order valence-electron chi connectivity index (χ1n) is 7.68. The third-order valence-corrected chi connectivity index (χ3v) is 3.62. The van der Waals surface area contributed by atoms with E-state index in [1.165, 1.54) is 12.3 Å². The second-order valence-corrected chi connectivity index (χ2v) is 5.53. The van der Waals surface area contributed by atoms with Gasteiger partial charge >= 0.3 is 5.97 Å². The van der Waals surface area contributed by atoms with Gasteiger partial charge in [0.05, 0.1) is 23.3 Å². The highest BCUT2D eigenvalue weighted by molar-refractivity contribution is 6.33. The van der Waals surface area contributed by atoms with E-state index in [4.69, 9.17) is 25.2 Å². The first kappa shape index (κ1) is 17.7. The molecule has 26 heavy (non-hydrogen) atoms. The molecule has 0 atom stereocenters. The molecule has 0 aliphatic carbocycles. The minimum Gasteiger partial charge on any atom is -0.459 e. The molecule has 1 amide bonds. The molecule has 8 nitrogen and oxygen atoms in total. The van der Waals surface area contributed by atoms with Crippen molar-refractivity contribution in [1.82, 2.24) is 15.5 Å². The van der Waals surface area contributed by atoms with Gasteiger partial charge in [0, 0.05) is 6.54 Å². The second-order valence-electron chi connectivity index (χ2n) is 5.12. The van der Waals surface area contributed by atoms with Crippen molar-refractivity contribution in [2.45, 2.75) is 13.0 Å². The van der Waals surface area contributed by atoms with Crippen LogP contribution in [0.1, 0.15) is 22.9 Å². The van der Waals surface area contributed by atoms with Gasteiger partial charge in [0.25, 0.3) is 11.8 Å². The summed E-state index contributed by atoms with van der Waals surface area (Å²) in [6.07, 6.45) is 1.39. The molecule has 0 saturated carbocycles. The van der Waals surface area contributed by atoms with Gasteiger partial charge in [-0.3, -0.25) is 9.59 Å². The van der Waals surface area contributed by atoms with Crippen molar-refractivity contribution < 1.29 is 23.2 Å². The number of furan rings is 1. The topological polar surface area (TPSA) is 107 Å². The molecule has 0 radical (unpaired) electrons. The Morgan fingerprint density at radius 3 is 2.77 bits per heavy atom. The van der Waals surface area contributed by atoms with Gasteiger partial charge in [0.2, 0.25) is 5.89 Å². The Labute approximate surface area is 153 Å². The van der Waals surface area contributed by atoms with Crippen LogP contribution < -0.4 is 5.32 Å². The molecule has 1 aromatic carbocycles. The second kappa shape index (κ2) is 8.30. The summed E-state index contributed by atoms with van der Waals surface area (Å²) in [5.74, 6) is -0.345. The van der Waals surface area contributed by atoms with E-state index in [9.17, 15) is 9.59 Å². The SMILES string of the molecule is O=C(CCNC(=O)c1ccco1)OCc1nnc(-c2ccccc2Cl)o1. The number of benzene rings is 1. The van der Waals surface area contributed by atoms with E-state index in [2.05, 4.69) is 15.5 Å². The van der Waals surface area contributed by atoms with E-state index in [0.29, 0.717) is 10.6 Å². The van der Waals surface area contributed by atoms with Crippen LogP contribution in [0.3, 0.4) is 0 Å². The molecule has 9 heteroatoms. The molecular formula is C17H14ClN3O5. The monoisotopic (exact) mass is 375 g/mol. The maximum Gasteiger partial charge on any atom is 0.308 e. The molecule has 3 rings (SSSR count). The van der Waals surface area contributed by atoms with Gasteiger partial charge in [0.15, 0.2) is 12.4 Å². The van der Waals surface area contributed by atoms with Crippen LogP contribution in [0.25, 0.3) is 11.5 Å². The Kier molecular flexibility index (Phi) is 5.65. The van der Waals surface area contributed by atoms with E-state index in [1.54, 1.807) is 30.3 Å². The van der Waals surface area contributed by atoms with E-state index < -0.39 is 11.9 Å². The lowest BCUT2D eigenvalue weighted by molar-refractivity contribution is -0.145. The van der Waals surface area contributed by atoms with Crippen molar-refractivity contribution >= 4 is 23.5 Å². The summed E-state index contributed by atoms with van der Waals surface area (Å²) in [5.41, 5.74) is 0.597. The molecule has 0 spiro atoms. The standard InChI is InChI=1S/C17H14ClN3O5/c18-12-5-2-1-4-11(12)17-21-20-14(26-17)10-25-15(22)7-8-19-16(23)13-6-3-9-24-13/h1-6,9H,7-8,10H2,(H,19,23). The normalized spacial score (nSPS) is 10.5. The zero-order valence-electron chi connectivity index (χ0n) is 13.5. The van der Waals surface area contributed by atoms with Crippen molar-refractivity contribution in [2.75, 3.05) is 6.54 Å².